The molecule has 4 nitrogen and oxygen atoms in total. The second-order valence-corrected chi connectivity index (χ2v) is 4.93. The molecule has 0 spiro atoms. The Morgan fingerprint density at radius 3 is 2.52 bits per heavy atom. The minimum Gasteiger partial charge on any atom is -0.492 e. The zero-order valence-electron chi connectivity index (χ0n) is 13.9. The molecule has 0 heterocycles. The van der Waals surface area contributed by atoms with Gasteiger partial charge in [-0.05, 0) is 51.4 Å². The van der Waals surface area contributed by atoms with E-state index in [0.29, 0.717) is 6.61 Å². The van der Waals surface area contributed by atoms with Gasteiger partial charge in [0.15, 0.2) is 0 Å². The van der Waals surface area contributed by atoms with E-state index in [0.717, 1.165) is 45.0 Å². The van der Waals surface area contributed by atoms with Crippen molar-refractivity contribution in [1.29, 1.82) is 0 Å². The monoisotopic (exact) mass is 294 g/mol. The second kappa shape index (κ2) is 10.5. The minimum absolute atomic E-state index is 0.693. The number of benzene rings is 1. The van der Waals surface area contributed by atoms with Crippen LogP contribution in [0.1, 0.15) is 32.8 Å². The van der Waals surface area contributed by atoms with E-state index in [9.17, 15) is 0 Å². The number of hydrogen-bond acceptors (Lipinski definition) is 4. The lowest BCUT2D eigenvalue weighted by molar-refractivity contribution is 0.194. The van der Waals surface area contributed by atoms with Crippen molar-refractivity contribution < 1.29 is 9.47 Å². The summed E-state index contributed by atoms with van der Waals surface area (Å²) in [6.45, 7) is 11.7. The van der Waals surface area contributed by atoms with Crippen LogP contribution in [0.25, 0.3) is 0 Å². The van der Waals surface area contributed by atoms with Crippen molar-refractivity contribution in [3.8, 4) is 5.75 Å². The van der Waals surface area contributed by atoms with Gasteiger partial charge in [0.1, 0.15) is 5.75 Å². The van der Waals surface area contributed by atoms with Crippen molar-refractivity contribution in [2.45, 2.75) is 33.7 Å². The van der Waals surface area contributed by atoms with Crippen molar-refractivity contribution in [3.63, 3.8) is 0 Å². The summed E-state index contributed by atoms with van der Waals surface area (Å²) in [5.74, 6) is 0.984. The number of nitrogens with one attached hydrogen (secondary N) is 1. The van der Waals surface area contributed by atoms with Gasteiger partial charge in [0.2, 0.25) is 0 Å². The summed E-state index contributed by atoms with van der Waals surface area (Å²) < 4.78 is 10.9. The Morgan fingerprint density at radius 2 is 1.90 bits per heavy atom. The number of rotatable bonds is 11. The molecule has 0 radical (unpaired) electrons. The Balaban J connectivity index is 2.68. The summed E-state index contributed by atoms with van der Waals surface area (Å²) >= 11 is 0. The van der Waals surface area contributed by atoms with E-state index in [2.05, 4.69) is 42.3 Å². The lowest BCUT2D eigenvalue weighted by Crippen LogP contribution is -2.23. The van der Waals surface area contributed by atoms with Crippen LogP contribution in [-0.2, 0) is 11.3 Å². The molecule has 1 N–H and O–H groups in total. The van der Waals surface area contributed by atoms with Crippen LogP contribution in [0.5, 0.6) is 5.75 Å². The van der Waals surface area contributed by atoms with Crippen molar-refractivity contribution >= 4 is 5.69 Å². The lowest BCUT2D eigenvalue weighted by atomic mass is 10.1. The molecule has 0 unspecified atom stereocenters. The molecule has 1 aromatic rings. The van der Waals surface area contributed by atoms with Crippen LogP contribution in [0.4, 0.5) is 5.69 Å². The topological polar surface area (TPSA) is 33.7 Å². The van der Waals surface area contributed by atoms with Crippen molar-refractivity contribution in [3.05, 3.63) is 23.8 Å². The van der Waals surface area contributed by atoms with Crippen LogP contribution in [0.2, 0.25) is 0 Å². The van der Waals surface area contributed by atoms with Gasteiger partial charge in [-0.3, -0.25) is 0 Å². The van der Waals surface area contributed by atoms with Crippen LogP contribution in [0, 0.1) is 0 Å². The summed E-state index contributed by atoms with van der Waals surface area (Å²) in [5, 5.41) is 3.43. The molecule has 0 aliphatic heterocycles. The molecule has 0 fully saturated rings. The fourth-order valence-corrected chi connectivity index (χ4v) is 2.34. The molecule has 21 heavy (non-hydrogen) atoms. The molecule has 0 aromatic heterocycles. The van der Waals surface area contributed by atoms with Gasteiger partial charge in [-0.15, -0.1) is 0 Å². The Bertz CT molecular complexity index is 392. The fraction of sp³-hybridized carbons (Fsp3) is 0.647. The quantitative estimate of drug-likeness (QED) is 0.636. The summed E-state index contributed by atoms with van der Waals surface area (Å²) in [6, 6.07) is 6.50. The molecule has 0 saturated carbocycles. The zero-order valence-corrected chi connectivity index (χ0v) is 13.9. The normalized spacial score (nSPS) is 10.7. The number of hydrogen-bond donors (Lipinski definition) is 1. The Kier molecular flexibility index (Phi) is 8.87. The molecule has 4 heteroatoms. The standard InChI is InChI=1S/C17H30N2O2/c1-5-19(6-2)16-10-9-15(13-17(16)21-7-3)14-18-11-8-12-20-4/h9-10,13,18H,5-8,11-12,14H2,1-4H3. The number of nitrogens with zero attached hydrogens (tertiary/aromatic N) is 1. The molecule has 0 amide bonds. The average Bonchev–Trinajstić information content (AvgIpc) is 2.50. The number of ether oxygens (including phenoxy) is 2. The van der Waals surface area contributed by atoms with Crippen LogP contribution < -0.4 is 15.0 Å². The summed E-state index contributed by atoms with van der Waals surface area (Å²) in [5.41, 5.74) is 2.44. The molecule has 0 saturated heterocycles. The highest BCUT2D eigenvalue weighted by Crippen LogP contribution is 2.29. The highest BCUT2D eigenvalue weighted by molar-refractivity contribution is 5.59. The van der Waals surface area contributed by atoms with Crippen molar-refractivity contribution in [1.82, 2.24) is 5.32 Å². The van der Waals surface area contributed by atoms with Crippen LogP contribution >= 0.6 is 0 Å². The highest BCUT2D eigenvalue weighted by atomic mass is 16.5. The molecule has 0 aliphatic rings. The number of methoxy groups -OCH3 is 1. The van der Waals surface area contributed by atoms with Gasteiger partial charge in [0.25, 0.3) is 0 Å². The number of anilines is 1. The molecular formula is C17H30N2O2. The first kappa shape index (κ1) is 17.8. The minimum atomic E-state index is 0.693. The molecule has 0 atom stereocenters. The second-order valence-electron chi connectivity index (χ2n) is 4.93. The van der Waals surface area contributed by atoms with E-state index in [-0.39, 0.29) is 0 Å². The maximum absolute atomic E-state index is 5.82. The maximum atomic E-state index is 5.82. The SMILES string of the molecule is CCOc1cc(CNCCCOC)ccc1N(CC)CC. The first-order valence-electron chi connectivity index (χ1n) is 7.97. The molecule has 0 bridgehead atoms. The van der Waals surface area contributed by atoms with E-state index in [4.69, 9.17) is 9.47 Å². The Labute approximate surface area is 129 Å². The third-order valence-electron chi connectivity index (χ3n) is 3.46. The third kappa shape index (κ3) is 5.94. The van der Waals surface area contributed by atoms with E-state index in [1.54, 1.807) is 7.11 Å². The molecule has 1 rings (SSSR count). The first-order valence-corrected chi connectivity index (χ1v) is 7.97. The van der Waals surface area contributed by atoms with Gasteiger partial charge in [0.05, 0.1) is 12.3 Å². The van der Waals surface area contributed by atoms with E-state index in [1.165, 1.54) is 11.3 Å². The lowest BCUT2D eigenvalue weighted by Gasteiger charge is -2.24. The van der Waals surface area contributed by atoms with Crippen molar-refractivity contribution in [2.75, 3.05) is 44.9 Å². The predicted molar refractivity (Wildman–Crippen MR) is 89.4 cm³/mol. The van der Waals surface area contributed by atoms with Gasteiger partial charge in [0, 0.05) is 33.4 Å². The maximum Gasteiger partial charge on any atom is 0.142 e. The third-order valence-corrected chi connectivity index (χ3v) is 3.46. The van der Waals surface area contributed by atoms with Gasteiger partial charge in [-0.25, -0.2) is 0 Å². The fourth-order valence-electron chi connectivity index (χ4n) is 2.34. The Morgan fingerprint density at radius 1 is 1.14 bits per heavy atom. The van der Waals surface area contributed by atoms with Crippen molar-refractivity contribution in [2.24, 2.45) is 0 Å². The summed E-state index contributed by atoms with van der Waals surface area (Å²) in [6.07, 6.45) is 1.03. The van der Waals surface area contributed by atoms with E-state index < -0.39 is 0 Å². The smallest absolute Gasteiger partial charge is 0.142 e. The zero-order chi connectivity index (χ0) is 15.5. The molecule has 120 valence electrons. The molecule has 1 aromatic carbocycles. The average molecular weight is 294 g/mol. The van der Waals surface area contributed by atoms with Gasteiger partial charge in [-0.2, -0.15) is 0 Å². The van der Waals surface area contributed by atoms with Gasteiger partial charge >= 0.3 is 0 Å². The summed E-state index contributed by atoms with van der Waals surface area (Å²) in [4.78, 5) is 2.32. The van der Waals surface area contributed by atoms with Gasteiger partial charge in [-0.1, -0.05) is 6.07 Å². The van der Waals surface area contributed by atoms with Gasteiger partial charge < -0.3 is 19.7 Å². The summed E-state index contributed by atoms with van der Waals surface area (Å²) in [7, 11) is 1.74. The predicted octanol–water partition coefficient (Wildman–Crippen LogP) is 3.06. The van der Waals surface area contributed by atoms with Crippen LogP contribution in [0.3, 0.4) is 0 Å². The highest BCUT2D eigenvalue weighted by Gasteiger charge is 2.10. The Hall–Kier alpha value is -1.26. The van der Waals surface area contributed by atoms with Crippen LogP contribution in [0.15, 0.2) is 18.2 Å². The largest absolute Gasteiger partial charge is 0.492 e. The first-order chi connectivity index (χ1) is 10.3. The molecular weight excluding hydrogens is 264 g/mol. The van der Waals surface area contributed by atoms with Crippen LogP contribution in [-0.4, -0.2) is 40.0 Å². The van der Waals surface area contributed by atoms with E-state index >= 15 is 0 Å². The molecule has 0 aliphatic carbocycles. The van der Waals surface area contributed by atoms with E-state index in [1.807, 2.05) is 6.92 Å².